The topological polar surface area (TPSA) is 38.7 Å². The van der Waals surface area contributed by atoms with E-state index < -0.39 is 6.10 Å². The van der Waals surface area contributed by atoms with Crippen LogP contribution in [0.2, 0.25) is 0 Å². The highest BCUT2D eigenvalue weighted by atomic mass is 16.5. The Morgan fingerprint density at radius 2 is 2.28 bits per heavy atom. The van der Waals surface area contributed by atoms with Gasteiger partial charge in [-0.1, -0.05) is 25.1 Å². The van der Waals surface area contributed by atoms with Crippen molar-refractivity contribution in [3.8, 4) is 5.75 Å². The molecular weight excluding hydrogens is 228 g/mol. The van der Waals surface area contributed by atoms with Gasteiger partial charge in [-0.2, -0.15) is 0 Å². The van der Waals surface area contributed by atoms with Gasteiger partial charge in [0.25, 0.3) is 0 Å². The zero-order chi connectivity index (χ0) is 12.8. The molecular formula is C15H22O3. The third kappa shape index (κ3) is 3.47. The van der Waals surface area contributed by atoms with Crippen LogP contribution >= 0.6 is 0 Å². The van der Waals surface area contributed by atoms with Crippen LogP contribution in [0.1, 0.15) is 37.9 Å². The third-order valence-electron chi connectivity index (χ3n) is 3.32. The van der Waals surface area contributed by atoms with Crippen molar-refractivity contribution in [2.45, 2.75) is 32.3 Å². The lowest BCUT2D eigenvalue weighted by Crippen LogP contribution is -2.09. The molecule has 1 N–H and O–H groups in total. The second kappa shape index (κ2) is 6.76. The molecule has 0 bridgehead atoms. The van der Waals surface area contributed by atoms with Crippen molar-refractivity contribution in [1.82, 2.24) is 0 Å². The Labute approximate surface area is 109 Å². The van der Waals surface area contributed by atoms with Crippen molar-refractivity contribution in [2.75, 3.05) is 19.8 Å². The van der Waals surface area contributed by atoms with E-state index in [2.05, 4.69) is 6.92 Å². The van der Waals surface area contributed by atoms with E-state index in [1.54, 1.807) is 0 Å². The molecule has 100 valence electrons. The normalized spacial score (nSPS) is 20.9. The molecule has 1 fully saturated rings. The molecule has 2 unspecified atom stereocenters. The average Bonchev–Trinajstić information content (AvgIpc) is 2.89. The molecule has 3 heteroatoms. The van der Waals surface area contributed by atoms with E-state index in [1.165, 1.54) is 0 Å². The smallest absolute Gasteiger partial charge is 0.125 e. The maximum absolute atomic E-state index is 10.3. The van der Waals surface area contributed by atoms with Crippen LogP contribution in [-0.2, 0) is 4.74 Å². The first-order chi connectivity index (χ1) is 8.81. The van der Waals surface area contributed by atoms with E-state index in [9.17, 15) is 5.11 Å². The van der Waals surface area contributed by atoms with Gasteiger partial charge in [-0.15, -0.1) is 0 Å². The molecule has 0 spiro atoms. The summed E-state index contributed by atoms with van der Waals surface area (Å²) in [4.78, 5) is 0. The molecule has 2 atom stereocenters. The molecule has 0 amide bonds. The largest absolute Gasteiger partial charge is 0.493 e. The molecule has 2 rings (SSSR count). The number of hydrogen-bond acceptors (Lipinski definition) is 3. The Kier molecular flexibility index (Phi) is 5.02. The monoisotopic (exact) mass is 250 g/mol. The van der Waals surface area contributed by atoms with E-state index in [4.69, 9.17) is 9.47 Å². The highest BCUT2D eigenvalue weighted by Crippen LogP contribution is 2.31. The summed E-state index contributed by atoms with van der Waals surface area (Å²) >= 11 is 0. The minimum Gasteiger partial charge on any atom is -0.493 e. The third-order valence-corrected chi connectivity index (χ3v) is 3.32. The summed E-state index contributed by atoms with van der Waals surface area (Å²) < 4.78 is 11.0. The standard InChI is InChI=1S/C15H22O3/c1-2-8-18-15-6-4-3-5-13(15)14(16)10-12-7-9-17-11-12/h3-6,12,14,16H,2,7-11H2,1H3. The van der Waals surface area contributed by atoms with Crippen LogP contribution in [0, 0.1) is 5.92 Å². The van der Waals surface area contributed by atoms with E-state index in [0.29, 0.717) is 12.5 Å². The highest BCUT2D eigenvalue weighted by Gasteiger charge is 2.22. The molecule has 0 saturated carbocycles. The fourth-order valence-electron chi connectivity index (χ4n) is 2.31. The molecule has 0 aliphatic carbocycles. The Bertz CT molecular complexity index is 359. The fraction of sp³-hybridized carbons (Fsp3) is 0.600. The minimum absolute atomic E-state index is 0.454. The number of para-hydroxylation sites is 1. The Morgan fingerprint density at radius 3 is 3.00 bits per heavy atom. The number of rotatable bonds is 6. The lowest BCUT2D eigenvalue weighted by Gasteiger charge is -2.18. The molecule has 1 aromatic rings. The van der Waals surface area contributed by atoms with Crippen molar-refractivity contribution in [3.05, 3.63) is 29.8 Å². The van der Waals surface area contributed by atoms with E-state index in [1.807, 2.05) is 24.3 Å². The quantitative estimate of drug-likeness (QED) is 0.843. The Hall–Kier alpha value is -1.06. The minimum atomic E-state index is -0.454. The predicted octanol–water partition coefficient (Wildman–Crippen LogP) is 2.94. The highest BCUT2D eigenvalue weighted by molar-refractivity contribution is 5.35. The van der Waals surface area contributed by atoms with E-state index in [0.717, 1.165) is 43.8 Å². The molecule has 0 radical (unpaired) electrons. The van der Waals surface area contributed by atoms with Crippen molar-refractivity contribution in [1.29, 1.82) is 0 Å². The molecule has 1 aromatic carbocycles. The summed E-state index contributed by atoms with van der Waals surface area (Å²) in [5.74, 6) is 1.28. The molecule has 1 aliphatic heterocycles. The van der Waals surface area contributed by atoms with Gasteiger partial charge in [-0.3, -0.25) is 0 Å². The predicted molar refractivity (Wildman–Crippen MR) is 70.7 cm³/mol. The first-order valence-corrected chi connectivity index (χ1v) is 6.78. The van der Waals surface area contributed by atoms with Gasteiger partial charge < -0.3 is 14.6 Å². The van der Waals surface area contributed by atoms with Gasteiger partial charge in [-0.05, 0) is 31.2 Å². The lowest BCUT2D eigenvalue weighted by atomic mass is 9.96. The summed E-state index contributed by atoms with van der Waals surface area (Å²) in [7, 11) is 0. The second-order valence-corrected chi connectivity index (χ2v) is 4.87. The molecule has 1 heterocycles. The van der Waals surface area contributed by atoms with Crippen molar-refractivity contribution >= 4 is 0 Å². The summed E-state index contributed by atoms with van der Waals surface area (Å²) in [5, 5.41) is 10.3. The summed E-state index contributed by atoms with van der Waals surface area (Å²) in [5.41, 5.74) is 0.901. The van der Waals surface area contributed by atoms with Crippen molar-refractivity contribution < 1.29 is 14.6 Å². The lowest BCUT2D eigenvalue weighted by molar-refractivity contribution is 0.126. The molecule has 1 saturated heterocycles. The van der Waals surface area contributed by atoms with E-state index in [-0.39, 0.29) is 0 Å². The maximum Gasteiger partial charge on any atom is 0.125 e. The second-order valence-electron chi connectivity index (χ2n) is 4.87. The zero-order valence-corrected chi connectivity index (χ0v) is 11.0. The Morgan fingerprint density at radius 1 is 1.44 bits per heavy atom. The van der Waals surface area contributed by atoms with Gasteiger partial charge in [0.2, 0.25) is 0 Å². The van der Waals surface area contributed by atoms with Gasteiger partial charge in [0.1, 0.15) is 5.75 Å². The average molecular weight is 250 g/mol. The van der Waals surface area contributed by atoms with Crippen LogP contribution < -0.4 is 4.74 Å². The van der Waals surface area contributed by atoms with Crippen molar-refractivity contribution in [2.24, 2.45) is 5.92 Å². The summed E-state index contributed by atoms with van der Waals surface area (Å²) in [6, 6.07) is 7.77. The van der Waals surface area contributed by atoms with Crippen LogP contribution in [0.15, 0.2) is 24.3 Å². The summed E-state index contributed by atoms with van der Waals surface area (Å²) in [6.07, 6.45) is 2.33. The van der Waals surface area contributed by atoms with Gasteiger partial charge >= 0.3 is 0 Å². The van der Waals surface area contributed by atoms with Gasteiger partial charge in [-0.25, -0.2) is 0 Å². The van der Waals surface area contributed by atoms with Crippen molar-refractivity contribution in [3.63, 3.8) is 0 Å². The molecule has 0 aromatic heterocycles. The zero-order valence-electron chi connectivity index (χ0n) is 11.0. The number of aliphatic hydroxyl groups excluding tert-OH is 1. The number of ether oxygens (including phenoxy) is 2. The first kappa shape index (κ1) is 13.4. The Balaban J connectivity index is 2.00. The first-order valence-electron chi connectivity index (χ1n) is 6.78. The van der Waals surface area contributed by atoms with Crippen LogP contribution in [0.3, 0.4) is 0 Å². The van der Waals surface area contributed by atoms with Gasteiger partial charge in [0.05, 0.1) is 12.7 Å². The van der Waals surface area contributed by atoms with Crippen LogP contribution in [0.4, 0.5) is 0 Å². The molecule has 3 nitrogen and oxygen atoms in total. The number of hydrogen-bond donors (Lipinski definition) is 1. The van der Waals surface area contributed by atoms with Crippen LogP contribution in [0.5, 0.6) is 5.75 Å². The molecule has 18 heavy (non-hydrogen) atoms. The SMILES string of the molecule is CCCOc1ccccc1C(O)CC1CCOC1. The van der Waals surface area contributed by atoms with Crippen LogP contribution in [0.25, 0.3) is 0 Å². The van der Waals surface area contributed by atoms with Crippen LogP contribution in [-0.4, -0.2) is 24.9 Å². The number of benzene rings is 1. The van der Waals surface area contributed by atoms with Gasteiger partial charge in [0.15, 0.2) is 0 Å². The van der Waals surface area contributed by atoms with Gasteiger partial charge in [0, 0.05) is 18.8 Å². The summed E-state index contributed by atoms with van der Waals surface area (Å²) in [6.45, 7) is 4.37. The number of aliphatic hydroxyl groups is 1. The fourth-order valence-corrected chi connectivity index (χ4v) is 2.31. The van der Waals surface area contributed by atoms with E-state index >= 15 is 0 Å². The maximum atomic E-state index is 10.3. The molecule has 1 aliphatic rings.